The first-order valence-corrected chi connectivity index (χ1v) is 7.76. The Morgan fingerprint density at radius 2 is 2.20 bits per heavy atom. The molecule has 1 aliphatic rings. The standard InChI is InChI=1S/C15H20BrF2NO/c1-10-3-2-6-15(20,7-10)9-19-8-11-13(17)5-4-12(16)14(11)18/h4-5,10,19-20H,2-3,6-9H2,1H3. The summed E-state index contributed by atoms with van der Waals surface area (Å²) in [5.41, 5.74) is -0.747. The SMILES string of the molecule is CC1CCCC(O)(CNCc2c(F)ccc(Br)c2F)C1. The van der Waals surface area contributed by atoms with Gasteiger partial charge in [0.05, 0.1) is 10.1 Å². The number of hydrogen-bond donors (Lipinski definition) is 2. The molecule has 2 nitrogen and oxygen atoms in total. The molecule has 5 heteroatoms. The highest BCUT2D eigenvalue weighted by Crippen LogP contribution is 2.31. The van der Waals surface area contributed by atoms with Gasteiger partial charge in [-0.25, -0.2) is 8.78 Å². The van der Waals surface area contributed by atoms with E-state index in [4.69, 9.17) is 0 Å². The predicted octanol–water partition coefficient (Wildman–Crippen LogP) is 3.76. The Bertz CT molecular complexity index is 483. The zero-order valence-electron chi connectivity index (χ0n) is 11.6. The molecule has 1 fully saturated rings. The molecule has 0 spiro atoms. The van der Waals surface area contributed by atoms with E-state index in [0.29, 0.717) is 12.5 Å². The highest BCUT2D eigenvalue weighted by molar-refractivity contribution is 9.10. The number of hydrogen-bond acceptors (Lipinski definition) is 2. The summed E-state index contributed by atoms with van der Waals surface area (Å²) in [5.74, 6) is -0.654. The first-order valence-electron chi connectivity index (χ1n) is 6.97. The molecule has 20 heavy (non-hydrogen) atoms. The Kier molecular flexibility index (Phi) is 5.15. The number of nitrogens with one attached hydrogen (secondary N) is 1. The third-order valence-electron chi connectivity index (χ3n) is 3.96. The lowest BCUT2D eigenvalue weighted by molar-refractivity contribution is -0.0120. The van der Waals surface area contributed by atoms with E-state index in [1.165, 1.54) is 12.1 Å². The van der Waals surface area contributed by atoms with Gasteiger partial charge in [-0.05, 0) is 46.8 Å². The van der Waals surface area contributed by atoms with Crippen molar-refractivity contribution in [3.63, 3.8) is 0 Å². The van der Waals surface area contributed by atoms with E-state index in [1.807, 2.05) is 0 Å². The van der Waals surface area contributed by atoms with Crippen molar-refractivity contribution < 1.29 is 13.9 Å². The van der Waals surface area contributed by atoms with Crippen molar-refractivity contribution in [2.24, 2.45) is 5.92 Å². The van der Waals surface area contributed by atoms with Crippen LogP contribution in [0.4, 0.5) is 8.78 Å². The molecule has 0 aromatic heterocycles. The van der Waals surface area contributed by atoms with Gasteiger partial charge in [-0.1, -0.05) is 19.8 Å². The van der Waals surface area contributed by atoms with Crippen molar-refractivity contribution >= 4 is 15.9 Å². The first kappa shape index (κ1) is 15.9. The van der Waals surface area contributed by atoms with Crippen LogP contribution in [-0.2, 0) is 6.54 Å². The van der Waals surface area contributed by atoms with E-state index in [9.17, 15) is 13.9 Å². The molecule has 0 saturated heterocycles. The van der Waals surface area contributed by atoms with Crippen LogP contribution in [0.5, 0.6) is 0 Å². The summed E-state index contributed by atoms with van der Waals surface area (Å²) in [4.78, 5) is 0. The fraction of sp³-hybridized carbons (Fsp3) is 0.600. The van der Waals surface area contributed by atoms with Crippen molar-refractivity contribution in [1.29, 1.82) is 0 Å². The predicted molar refractivity (Wildman–Crippen MR) is 78.3 cm³/mol. The number of rotatable bonds is 4. The molecule has 1 aliphatic carbocycles. The third-order valence-corrected chi connectivity index (χ3v) is 4.57. The summed E-state index contributed by atoms with van der Waals surface area (Å²) in [7, 11) is 0. The molecule has 0 aliphatic heterocycles. The highest BCUT2D eigenvalue weighted by atomic mass is 79.9. The fourth-order valence-corrected chi connectivity index (χ4v) is 3.32. The second kappa shape index (κ2) is 6.50. The Labute approximate surface area is 126 Å². The van der Waals surface area contributed by atoms with Crippen molar-refractivity contribution in [2.45, 2.75) is 44.8 Å². The van der Waals surface area contributed by atoms with Gasteiger partial charge in [-0.2, -0.15) is 0 Å². The molecule has 2 N–H and O–H groups in total. The maximum absolute atomic E-state index is 13.8. The molecule has 2 rings (SSSR count). The van der Waals surface area contributed by atoms with Crippen molar-refractivity contribution in [2.75, 3.05) is 6.54 Å². The summed E-state index contributed by atoms with van der Waals surface area (Å²) in [5, 5.41) is 13.4. The maximum Gasteiger partial charge on any atom is 0.144 e. The number of aliphatic hydroxyl groups is 1. The Morgan fingerprint density at radius 1 is 1.45 bits per heavy atom. The smallest absolute Gasteiger partial charge is 0.144 e. The normalized spacial score (nSPS) is 26.8. The number of halogens is 3. The van der Waals surface area contributed by atoms with Crippen LogP contribution < -0.4 is 5.32 Å². The molecule has 0 amide bonds. The zero-order chi connectivity index (χ0) is 14.8. The average molecular weight is 348 g/mol. The van der Waals surface area contributed by atoms with Crippen molar-refractivity contribution in [3.05, 3.63) is 33.8 Å². The second-order valence-electron chi connectivity index (χ2n) is 5.85. The summed E-state index contributed by atoms with van der Waals surface area (Å²) < 4.78 is 27.6. The van der Waals surface area contributed by atoms with Gasteiger partial charge in [0.1, 0.15) is 11.6 Å². The monoisotopic (exact) mass is 347 g/mol. The van der Waals surface area contributed by atoms with Gasteiger partial charge in [0.25, 0.3) is 0 Å². The largest absolute Gasteiger partial charge is 0.389 e. The van der Waals surface area contributed by atoms with Crippen LogP contribution >= 0.6 is 15.9 Å². The first-order chi connectivity index (χ1) is 9.41. The molecule has 0 heterocycles. The van der Waals surface area contributed by atoms with Crippen molar-refractivity contribution in [3.8, 4) is 0 Å². The van der Waals surface area contributed by atoms with Crippen LogP contribution in [0.15, 0.2) is 16.6 Å². The third kappa shape index (κ3) is 3.77. The quantitative estimate of drug-likeness (QED) is 0.812. The molecule has 1 aromatic rings. The van der Waals surface area contributed by atoms with E-state index in [-0.39, 0.29) is 16.6 Å². The van der Waals surface area contributed by atoms with Gasteiger partial charge < -0.3 is 10.4 Å². The van der Waals surface area contributed by atoms with Crippen LogP contribution in [0, 0.1) is 17.6 Å². The van der Waals surface area contributed by atoms with Gasteiger partial charge in [0, 0.05) is 18.7 Å². The zero-order valence-corrected chi connectivity index (χ0v) is 13.1. The van der Waals surface area contributed by atoms with Crippen LogP contribution in [0.3, 0.4) is 0 Å². The van der Waals surface area contributed by atoms with Gasteiger partial charge in [-0.3, -0.25) is 0 Å². The van der Waals surface area contributed by atoms with Crippen molar-refractivity contribution in [1.82, 2.24) is 5.32 Å². The molecule has 2 atom stereocenters. The van der Waals surface area contributed by atoms with Crippen LogP contribution in [0.2, 0.25) is 0 Å². The lowest BCUT2D eigenvalue weighted by Crippen LogP contribution is -2.44. The lowest BCUT2D eigenvalue weighted by atomic mass is 9.79. The number of benzene rings is 1. The minimum absolute atomic E-state index is 0.00633. The second-order valence-corrected chi connectivity index (χ2v) is 6.71. The Balaban J connectivity index is 1.95. The minimum Gasteiger partial charge on any atom is -0.389 e. The molecular weight excluding hydrogens is 328 g/mol. The molecular formula is C15H20BrF2NO. The molecule has 2 unspecified atom stereocenters. The van der Waals surface area contributed by atoms with Gasteiger partial charge in [0.2, 0.25) is 0 Å². The lowest BCUT2D eigenvalue weighted by Gasteiger charge is -2.35. The van der Waals surface area contributed by atoms with Gasteiger partial charge >= 0.3 is 0 Å². The van der Waals surface area contributed by atoms with E-state index < -0.39 is 17.2 Å². The maximum atomic E-state index is 13.8. The molecule has 0 bridgehead atoms. The molecule has 1 saturated carbocycles. The summed E-state index contributed by atoms with van der Waals surface area (Å²) in [6.45, 7) is 2.56. The van der Waals surface area contributed by atoms with E-state index >= 15 is 0 Å². The van der Waals surface area contributed by atoms with Crippen LogP contribution in [-0.4, -0.2) is 17.3 Å². The topological polar surface area (TPSA) is 32.3 Å². The Hall–Kier alpha value is -0.520. The minimum atomic E-state index is -0.753. The van der Waals surface area contributed by atoms with Gasteiger partial charge in [-0.15, -0.1) is 0 Å². The Morgan fingerprint density at radius 3 is 2.90 bits per heavy atom. The summed E-state index contributed by atoms with van der Waals surface area (Å²) in [6, 6.07) is 2.59. The van der Waals surface area contributed by atoms with Gasteiger partial charge in [0.15, 0.2) is 0 Å². The fourth-order valence-electron chi connectivity index (χ4n) is 2.94. The molecule has 0 radical (unpaired) electrons. The van der Waals surface area contributed by atoms with E-state index in [0.717, 1.165) is 25.7 Å². The highest BCUT2D eigenvalue weighted by Gasteiger charge is 2.32. The van der Waals surface area contributed by atoms with Crippen LogP contribution in [0.25, 0.3) is 0 Å². The van der Waals surface area contributed by atoms with E-state index in [1.54, 1.807) is 0 Å². The van der Waals surface area contributed by atoms with Crippen LogP contribution in [0.1, 0.15) is 38.2 Å². The van der Waals surface area contributed by atoms with E-state index in [2.05, 4.69) is 28.2 Å². The summed E-state index contributed by atoms with van der Waals surface area (Å²) >= 11 is 3.05. The molecule has 1 aromatic carbocycles. The average Bonchev–Trinajstić information content (AvgIpc) is 2.38. The molecule has 112 valence electrons. The summed E-state index contributed by atoms with van der Waals surface area (Å²) in [6.07, 6.45) is 3.62.